The van der Waals surface area contributed by atoms with Crippen LogP contribution in [-0.2, 0) is 28.8 Å². The van der Waals surface area contributed by atoms with Crippen LogP contribution in [0, 0.1) is 0 Å². The third-order valence-corrected chi connectivity index (χ3v) is 6.77. The van der Waals surface area contributed by atoms with Gasteiger partial charge >= 0.3 is 24.0 Å². The van der Waals surface area contributed by atoms with Crippen molar-refractivity contribution in [3.8, 4) is 16.9 Å². The number of hydrogen-bond acceptors (Lipinski definition) is 6. The maximum absolute atomic E-state index is 13.8. The van der Waals surface area contributed by atoms with Gasteiger partial charge in [-0.2, -0.15) is 26.3 Å². The van der Waals surface area contributed by atoms with Crippen molar-refractivity contribution in [2.45, 2.75) is 51.5 Å². The van der Waals surface area contributed by atoms with Gasteiger partial charge in [-0.05, 0) is 31.2 Å². The summed E-state index contributed by atoms with van der Waals surface area (Å²) in [5.74, 6) is -1.29. The molecule has 17 heteroatoms. The minimum absolute atomic E-state index is 0.182. The van der Waals surface area contributed by atoms with E-state index in [9.17, 15) is 41.0 Å². The van der Waals surface area contributed by atoms with E-state index in [0.717, 1.165) is 34.4 Å². The first-order valence-corrected chi connectivity index (χ1v) is 13.0. The van der Waals surface area contributed by atoms with Crippen LogP contribution >= 0.6 is 23.2 Å². The van der Waals surface area contributed by atoms with Gasteiger partial charge in [0.05, 0.1) is 30.0 Å². The summed E-state index contributed by atoms with van der Waals surface area (Å²) < 4.78 is 88.5. The van der Waals surface area contributed by atoms with E-state index < -0.39 is 60.6 Å². The maximum Gasteiger partial charge on any atom is 0.418 e. The lowest BCUT2D eigenvalue weighted by Gasteiger charge is -2.16. The van der Waals surface area contributed by atoms with Crippen LogP contribution in [0.1, 0.15) is 37.2 Å². The van der Waals surface area contributed by atoms with Crippen LogP contribution in [0.5, 0.6) is 0 Å². The molecule has 43 heavy (non-hydrogen) atoms. The summed E-state index contributed by atoms with van der Waals surface area (Å²) in [7, 11) is 0. The minimum atomic E-state index is -5.07. The number of nitrogens with zero attached hydrogens (tertiary/aromatic N) is 5. The Morgan fingerprint density at radius 2 is 1.65 bits per heavy atom. The maximum atomic E-state index is 13.8. The Hall–Kier alpha value is -3.82. The molecule has 0 saturated carbocycles. The van der Waals surface area contributed by atoms with Gasteiger partial charge in [0.1, 0.15) is 5.15 Å². The molecule has 0 amide bonds. The summed E-state index contributed by atoms with van der Waals surface area (Å²) >= 11 is 12.4. The number of aliphatic hydroxyl groups is 1. The Kier molecular flexibility index (Phi) is 9.00. The van der Waals surface area contributed by atoms with Crippen molar-refractivity contribution >= 4 is 29.2 Å². The molecular weight excluding hydrogens is 631 g/mol. The number of hydrogen-bond donors (Lipinski definition) is 1. The number of halogens is 8. The van der Waals surface area contributed by atoms with E-state index in [1.165, 1.54) is 37.3 Å². The highest BCUT2D eigenvalue weighted by molar-refractivity contribution is 6.32. The summed E-state index contributed by atoms with van der Waals surface area (Å²) in [6, 6.07) is 9.99. The van der Waals surface area contributed by atoms with E-state index in [-0.39, 0.29) is 33.1 Å². The van der Waals surface area contributed by atoms with Crippen molar-refractivity contribution in [1.82, 2.24) is 23.9 Å². The monoisotopic (exact) mass is 651 g/mol. The van der Waals surface area contributed by atoms with Crippen molar-refractivity contribution in [2.75, 3.05) is 0 Å². The highest BCUT2D eigenvalue weighted by Gasteiger charge is 2.40. The number of para-hydroxylation sites is 1. The third-order valence-electron chi connectivity index (χ3n) is 6.13. The largest absolute Gasteiger partial charge is 0.455 e. The molecule has 0 fully saturated rings. The average Bonchev–Trinajstić information content (AvgIpc) is 3.43. The van der Waals surface area contributed by atoms with E-state index in [0.29, 0.717) is 4.57 Å². The number of ether oxygens (including phenoxy) is 1. The van der Waals surface area contributed by atoms with Crippen LogP contribution in [0.3, 0.4) is 0 Å². The van der Waals surface area contributed by atoms with Gasteiger partial charge in [-0.15, -0.1) is 5.10 Å². The number of imidazole rings is 1. The number of carbonyl (C=O) groups excluding carboxylic acids is 1. The lowest BCUT2D eigenvalue weighted by molar-refractivity contribution is -0.207. The first kappa shape index (κ1) is 32.1. The van der Waals surface area contributed by atoms with Gasteiger partial charge in [0.25, 0.3) is 0 Å². The highest BCUT2D eigenvalue weighted by Crippen LogP contribution is 2.35. The molecule has 0 radical (unpaired) electrons. The quantitative estimate of drug-likeness (QED) is 0.190. The topological polar surface area (TPSA) is 104 Å². The molecule has 0 bridgehead atoms. The van der Waals surface area contributed by atoms with Crippen LogP contribution in [0.4, 0.5) is 26.3 Å². The van der Waals surface area contributed by atoms with Gasteiger partial charge in [0.2, 0.25) is 0 Å². The number of carbonyl (C=O) groups is 1. The summed E-state index contributed by atoms with van der Waals surface area (Å²) in [5.41, 5.74) is -2.66. The predicted octanol–water partition coefficient (Wildman–Crippen LogP) is 5.82. The molecule has 230 valence electrons. The Labute approximate surface area is 248 Å². The van der Waals surface area contributed by atoms with E-state index in [2.05, 4.69) is 10.1 Å². The molecule has 2 aromatic heterocycles. The number of aliphatic hydroxyl groups excluding tert-OH is 1. The molecule has 1 N–H and O–H groups in total. The van der Waals surface area contributed by atoms with E-state index in [1.54, 1.807) is 0 Å². The van der Waals surface area contributed by atoms with E-state index in [1.807, 2.05) is 0 Å². The molecule has 4 rings (SSSR count). The van der Waals surface area contributed by atoms with Gasteiger partial charge in [-0.3, -0.25) is 13.9 Å². The van der Waals surface area contributed by atoms with Crippen LogP contribution in [0.25, 0.3) is 16.9 Å². The van der Waals surface area contributed by atoms with Crippen molar-refractivity contribution in [1.29, 1.82) is 0 Å². The Bertz CT molecular complexity index is 1700. The Morgan fingerprint density at radius 3 is 2.23 bits per heavy atom. The fourth-order valence-electron chi connectivity index (χ4n) is 4.25. The summed E-state index contributed by atoms with van der Waals surface area (Å²) in [5, 5.41) is 13.8. The molecule has 0 unspecified atom stereocenters. The van der Waals surface area contributed by atoms with Gasteiger partial charge in [-0.1, -0.05) is 47.5 Å². The first-order valence-electron chi connectivity index (χ1n) is 12.3. The molecule has 0 aliphatic heterocycles. The number of esters is 1. The zero-order valence-corrected chi connectivity index (χ0v) is 23.6. The lowest BCUT2D eigenvalue weighted by atomic mass is 10.1. The van der Waals surface area contributed by atoms with Gasteiger partial charge in [-0.25, -0.2) is 14.5 Å². The second kappa shape index (κ2) is 12.1. The average molecular weight is 652 g/mol. The standard InChI is InChI=1S/C26H21Cl2F6N5O4/c1-13(43-14(2)40)23-35-20(36-39(23)18-6-4-3-5-17(18)25(29,30)31)12-38-22(28)21(15-7-9-16(27)10-8-15)37(24(38)42)11-19(41)26(32,33)34/h3-10,13,19,41H,11-12H2,1-2H3/t13-,19-/m0/s1. The number of aromatic nitrogens is 5. The van der Waals surface area contributed by atoms with Crippen molar-refractivity contribution in [3.05, 3.63) is 86.4 Å². The van der Waals surface area contributed by atoms with Crippen molar-refractivity contribution in [2.24, 2.45) is 0 Å². The van der Waals surface area contributed by atoms with E-state index in [4.69, 9.17) is 27.9 Å². The van der Waals surface area contributed by atoms with Crippen LogP contribution < -0.4 is 5.69 Å². The predicted molar refractivity (Wildman–Crippen MR) is 142 cm³/mol. The zero-order chi connectivity index (χ0) is 31.9. The number of rotatable bonds is 8. The molecule has 2 atom stereocenters. The molecular formula is C26H21Cl2F6N5O4. The summed E-state index contributed by atoms with van der Waals surface area (Å²) in [6.07, 6.45) is -14.0. The first-order chi connectivity index (χ1) is 20.0. The second-order valence-corrected chi connectivity index (χ2v) is 10.0. The van der Waals surface area contributed by atoms with Gasteiger partial charge in [0.15, 0.2) is 23.9 Å². The lowest BCUT2D eigenvalue weighted by Crippen LogP contribution is -2.37. The van der Waals surface area contributed by atoms with Crippen LogP contribution in [0.2, 0.25) is 10.2 Å². The molecule has 0 saturated heterocycles. The SMILES string of the molecule is CC(=O)O[C@@H](C)c1nc(Cn2c(Cl)c(-c3ccc(Cl)cc3)n(C[C@H](O)C(F)(F)F)c2=O)nn1-c1ccccc1C(F)(F)F. The van der Waals surface area contributed by atoms with Crippen LogP contribution in [-0.4, -0.2) is 47.3 Å². The fourth-order valence-corrected chi connectivity index (χ4v) is 4.72. The Balaban J connectivity index is 1.88. The number of benzene rings is 2. The molecule has 0 aliphatic rings. The molecule has 0 spiro atoms. The van der Waals surface area contributed by atoms with E-state index >= 15 is 0 Å². The van der Waals surface area contributed by atoms with Crippen molar-refractivity contribution in [3.63, 3.8) is 0 Å². The Morgan fingerprint density at radius 1 is 1.02 bits per heavy atom. The highest BCUT2D eigenvalue weighted by atomic mass is 35.5. The molecule has 9 nitrogen and oxygen atoms in total. The normalized spacial score (nSPS) is 13.7. The molecule has 0 aliphatic carbocycles. The smallest absolute Gasteiger partial charge is 0.418 e. The number of alkyl halides is 6. The molecule has 4 aromatic rings. The third kappa shape index (κ3) is 6.89. The fraction of sp³-hybridized carbons (Fsp3) is 0.308. The minimum Gasteiger partial charge on any atom is -0.455 e. The van der Waals surface area contributed by atoms with Gasteiger partial charge < -0.3 is 9.84 Å². The van der Waals surface area contributed by atoms with Crippen molar-refractivity contribution < 1.29 is 41.0 Å². The molecule has 2 aromatic carbocycles. The molecule has 2 heterocycles. The second-order valence-electron chi connectivity index (χ2n) is 9.25. The van der Waals surface area contributed by atoms with Crippen LogP contribution in [0.15, 0.2) is 53.3 Å². The zero-order valence-electron chi connectivity index (χ0n) is 22.1. The van der Waals surface area contributed by atoms with Gasteiger partial charge in [0, 0.05) is 17.5 Å². The summed E-state index contributed by atoms with van der Waals surface area (Å²) in [4.78, 5) is 29.2. The summed E-state index contributed by atoms with van der Waals surface area (Å²) in [6.45, 7) is 0.586.